The summed E-state index contributed by atoms with van der Waals surface area (Å²) in [4.78, 5) is 26.0. The monoisotopic (exact) mass is 817 g/mol. The van der Waals surface area contributed by atoms with Gasteiger partial charge in [0.15, 0.2) is 11.6 Å². The van der Waals surface area contributed by atoms with Crippen LogP contribution in [0.3, 0.4) is 0 Å². The van der Waals surface area contributed by atoms with E-state index in [1.165, 1.54) is 0 Å². The van der Waals surface area contributed by atoms with Gasteiger partial charge in [0.2, 0.25) is 5.95 Å². The maximum absolute atomic E-state index is 5.29. The molecule has 13 aromatic rings. The highest BCUT2D eigenvalue weighted by atomic mass is 15.2. The fourth-order valence-electron chi connectivity index (χ4n) is 9.60. The highest BCUT2D eigenvalue weighted by molar-refractivity contribution is 6.28. The van der Waals surface area contributed by atoms with Crippen molar-refractivity contribution in [3.8, 4) is 56.9 Å². The predicted molar refractivity (Wildman–Crippen MR) is 261 cm³/mol. The van der Waals surface area contributed by atoms with Gasteiger partial charge in [0.25, 0.3) is 0 Å². The number of aromatic nitrogens is 7. The zero-order chi connectivity index (χ0) is 42.1. The Labute approximate surface area is 367 Å². The molecule has 0 amide bonds. The molecule has 9 aromatic carbocycles. The maximum atomic E-state index is 5.29. The van der Waals surface area contributed by atoms with Crippen molar-refractivity contribution in [3.63, 3.8) is 0 Å². The van der Waals surface area contributed by atoms with Crippen LogP contribution in [0.25, 0.3) is 122 Å². The lowest BCUT2D eigenvalue weighted by Crippen LogP contribution is -2.06. The first kappa shape index (κ1) is 35.9. The van der Waals surface area contributed by atoms with Crippen molar-refractivity contribution >= 4 is 65.3 Å². The summed E-state index contributed by atoms with van der Waals surface area (Å²) in [5, 5.41) is 7.81. The van der Waals surface area contributed by atoms with Crippen LogP contribution in [0.15, 0.2) is 212 Å². The van der Waals surface area contributed by atoms with Crippen molar-refractivity contribution in [1.82, 2.24) is 34.1 Å². The van der Waals surface area contributed by atoms with Crippen molar-refractivity contribution in [3.05, 3.63) is 212 Å². The van der Waals surface area contributed by atoms with Gasteiger partial charge in [-0.3, -0.25) is 14.1 Å². The lowest BCUT2D eigenvalue weighted by Gasteiger charge is -2.16. The summed E-state index contributed by atoms with van der Waals surface area (Å²) >= 11 is 0. The molecule has 0 aliphatic carbocycles. The Hall–Kier alpha value is -8.81. The largest absolute Gasteiger partial charge is 0.292 e. The van der Waals surface area contributed by atoms with E-state index in [9.17, 15) is 0 Å². The molecular formula is C57H35N7. The molecule has 7 nitrogen and oxygen atoms in total. The smallest absolute Gasteiger partial charge is 0.238 e. The number of rotatable bonds is 6. The molecule has 64 heavy (non-hydrogen) atoms. The first-order valence-corrected chi connectivity index (χ1v) is 21.4. The average molecular weight is 818 g/mol. The third-order valence-corrected chi connectivity index (χ3v) is 12.4. The molecule has 0 N–H and O–H groups in total. The highest BCUT2D eigenvalue weighted by Gasteiger charge is 2.24. The summed E-state index contributed by atoms with van der Waals surface area (Å²) in [5.74, 6) is 2.63. The molecule has 0 fully saturated rings. The second kappa shape index (κ2) is 14.4. The third-order valence-electron chi connectivity index (χ3n) is 12.4. The highest BCUT2D eigenvalue weighted by Crippen LogP contribution is 2.45. The molecule has 0 saturated carbocycles. The van der Waals surface area contributed by atoms with Gasteiger partial charge in [-0.05, 0) is 75.8 Å². The molecule has 4 heterocycles. The summed E-state index contributed by atoms with van der Waals surface area (Å²) < 4.78 is 4.49. The molecule has 0 bridgehead atoms. The Kier molecular flexibility index (Phi) is 8.08. The topological polar surface area (TPSA) is 74.3 Å². The summed E-state index contributed by atoms with van der Waals surface area (Å²) in [7, 11) is 0. The molecule has 0 aliphatic heterocycles. The van der Waals surface area contributed by atoms with E-state index in [-0.39, 0.29) is 0 Å². The lowest BCUT2D eigenvalue weighted by atomic mass is 9.91. The third kappa shape index (κ3) is 5.58. The lowest BCUT2D eigenvalue weighted by molar-refractivity contribution is 0.955. The van der Waals surface area contributed by atoms with Crippen molar-refractivity contribution in [2.24, 2.45) is 0 Å². The molecule has 4 aromatic heterocycles. The van der Waals surface area contributed by atoms with Crippen LogP contribution in [0.5, 0.6) is 0 Å². The van der Waals surface area contributed by atoms with E-state index in [2.05, 4.69) is 161 Å². The van der Waals surface area contributed by atoms with Gasteiger partial charge in [-0.25, -0.2) is 9.97 Å². The molecule has 0 aliphatic rings. The van der Waals surface area contributed by atoms with Crippen molar-refractivity contribution < 1.29 is 0 Å². The normalized spacial score (nSPS) is 11.8. The minimum absolute atomic E-state index is 0.557. The minimum atomic E-state index is 0.557. The Morgan fingerprint density at radius 1 is 0.375 bits per heavy atom. The number of hydrogen-bond acceptors (Lipinski definition) is 5. The van der Waals surface area contributed by atoms with Crippen LogP contribution in [-0.2, 0) is 0 Å². The summed E-state index contributed by atoms with van der Waals surface area (Å²) in [6.45, 7) is 0. The molecule has 0 radical (unpaired) electrons. The van der Waals surface area contributed by atoms with Crippen LogP contribution >= 0.6 is 0 Å². The van der Waals surface area contributed by atoms with Crippen LogP contribution in [-0.4, -0.2) is 34.1 Å². The molecule has 13 rings (SSSR count). The van der Waals surface area contributed by atoms with Crippen molar-refractivity contribution in [2.75, 3.05) is 0 Å². The number of nitrogens with zero attached hydrogens (tertiary/aromatic N) is 7. The molecule has 0 spiro atoms. The minimum Gasteiger partial charge on any atom is -0.292 e. The van der Waals surface area contributed by atoms with Gasteiger partial charge in [0, 0.05) is 50.1 Å². The van der Waals surface area contributed by atoms with Gasteiger partial charge < -0.3 is 0 Å². The van der Waals surface area contributed by atoms with Crippen LogP contribution in [0, 0.1) is 0 Å². The van der Waals surface area contributed by atoms with Gasteiger partial charge in [-0.15, -0.1) is 0 Å². The molecule has 0 unspecified atom stereocenters. The van der Waals surface area contributed by atoms with E-state index in [1.807, 2.05) is 60.8 Å². The molecule has 0 saturated heterocycles. The molecular weight excluding hydrogens is 783 g/mol. The molecule has 7 heteroatoms. The predicted octanol–water partition coefficient (Wildman–Crippen LogP) is 13.8. The number of pyridine rings is 1. The Morgan fingerprint density at radius 2 is 1.00 bits per heavy atom. The van der Waals surface area contributed by atoms with Crippen molar-refractivity contribution in [2.45, 2.75) is 0 Å². The Morgan fingerprint density at radius 3 is 1.77 bits per heavy atom. The van der Waals surface area contributed by atoms with E-state index < -0.39 is 0 Å². The fraction of sp³-hybridized carbons (Fsp3) is 0. The average Bonchev–Trinajstić information content (AvgIpc) is 3.93. The number of fused-ring (bicyclic) bond motifs is 9. The maximum Gasteiger partial charge on any atom is 0.238 e. The SMILES string of the molecule is c1ccc(-c2nc(-c3ccccc3)nc(-n3c4ccc5ccccc5c4c4cc(-c5ccc(-c6nc7ccccc7n6-c6ccccc6)c6ncccc56)c5ccccc5c43)n2)cc1. The van der Waals surface area contributed by atoms with Gasteiger partial charge >= 0.3 is 0 Å². The standard InChI is InChI=1S/C57H35N7/c1-4-18-37(19-5-1)54-60-55(38-20-6-2-7-21-38)62-57(61-54)64-50-33-30-36-17-10-11-24-40(36)51(50)47-35-46(41-25-12-13-26-44(41)53(47)64)42-31-32-45(52-43(42)27-16-34-58-52)56-59-48-28-14-15-29-49(48)63(56)39-22-8-3-9-23-39/h1-35H. The summed E-state index contributed by atoms with van der Waals surface area (Å²) in [5.41, 5.74) is 11.0. The Bertz CT molecular complexity index is 3890. The van der Waals surface area contributed by atoms with E-state index in [0.717, 1.165) is 105 Å². The first-order chi connectivity index (χ1) is 31.8. The van der Waals surface area contributed by atoms with Gasteiger partial charge in [-0.1, -0.05) is 158 Å². The number of imidazole rings is 1. The van der Waals surface area contributed by atoms with Crippen LogP contribution in [0.2, 0.25) is 0 Å². The fourth-order valence-corrected chi connectivity index (χ4v) is 9.60. The first-order valence-electron chi connectivity index (χ1n) is 21.4. The zero-order valence-electron chi connectivity index (χ0n) is 34.3. The second-order valence-corrected chi connectivity index (χ2v) is 16.1. The van der Waals surface area contributed by atoms with Crippen molar-refractivity contribution in [1.29, 1.82) is 0 Å². The van der Waals surface area contributed by atoms with E-state index in [0.29, 0.717) is 17.6 Å². The van der Waals surface area contributed by atoms with Gasteiger partial charge in [-0.2, -0.15) is 9.97 Å². The number of para-hydroxylation sites is 3. The molecule has 298 valence electrons. The number of hydrogen-bond donors (Lipinski definition) is 0. The van der Waals surface area contributed by atoms with E-state index in [1.54, 1.807) is 0 Å². The Balaban J connectivity index is 1.12. The van der Waals surface area contributed by atoms with Crippen LogP contribution in [0.1, 0.15) is 0 Å². The quantitative estimate of drug-likeness (QED) is 0.167. The van der Waals surface area contributed by atoms with Gasteiger partial charge in [0.05, 0.1) is 27.6 Å². The van der Waals surface area contributed by atoms with E-state index >= 15 is 0 Å². The van der Waals surface area contributed by atoms with E-state index in [4.69, 9.17) is 24.9 Å². The van der Waals surface area contributed by atoms with Gasteiger partial charge in [0.1, 0.15) is 5.82 Å². The zero-order valence-corrected chi connectivity index (χ0v) is 34.3. The number of benzene rings is 9. The summed E-state index contributed by atoms with van der Waals surface area (Å²) in [6, 6.07) is 71.9. The summed E-state index contributed by atoms with van der Waals surface area (Å²) in [6.07, 6.45) is 1.88. The van der Waals surface area contributed by atoms with Crippen LogP contribution in [0.4, 0.5) is 0 Å². The second-order valence-electron chi connectivity index (χ2n) is 16.1. The molecule has 0 atom stereocenters. The van der Waals surface area contributed by atoms with Crippen LogP contribution < -0.4 is 0 Å².